The summed E-state index contributed by atoms with van der Waals surface area (Å²) >= 11 is 1.89. The third-order valence-electron chi connectivity index (χ3n) is 12.0. The van der Waals surface area contributed by atoms with Gasteiger partial charge >= 0.3 is 6.85 Å². The zero-order valence-corrected chi connectivity index (χ0v) is 31.4. The minimum atomic E-state index is -0.104. The van der Waals surface area contributed by atoms with Crippen LogP contribution < -0.4 is 15.8 Å². The van der Waals surface area contributed by atoms with Crippen molar-refractivity contribution in [2.45, 2.75) is 33.1 Å². The highest BCUT2D eigenvalue weighted by molar-refractivity contribution is 7.26. The number of furan rings is 1. The topological polar surface area (TPSA) is 21.3 Å². The summed E-state index contributed by atoms with van der Waals surface area (Å²) in [7, 11) is 0. The van der Waals surface area contributed by atoms with Crippen LogP contribution in [0.4, 0.5) is 17.1 Å². The van der Waals surface area contributed by atoms with Gasteiger partial charge in [-0.05, 0) is 98.8 Å². The number of anilines is 3. The van der Waals surface area contributed by atoms with Gasteiger partial charge in [-0.1, -0.05) is 118 Å². The van der Waals surface area contributed by atoms with Crippen LogP contribution in [-0.2, 0) is 5.41 Å². The molecular weight excluding hydrogens is 675 g/mol. The number of para-hydroxylation sites is 2. The van der Waals surface area contributed by atoms with Gasteiger partial charge < -0.3 is 13.8 Å². The average Bonchev–Trinajstić information content (AvgIpc) is 3.86. The van der Waals surface area contributed by atoms with E-state index in [2.05, 4.69) is 177 Å². The second-order valence-electron chi connectivity index (χ2n) is 16.2. The number of nitrogens with zero attached hydrogens (tertiary/aromatic N) is 2. The summed E-state index contributed by atoms with van der Waals surface area (Å²) in [6.45, 7) is 9.07. The first-order chi connectivity index (χ1) is 26.3. The first-order valence-corrected chi connectivity index (χ1v) is 19.7. The average molecular weight is 711 g/mol. The zero-order chi connectivity index (χ0) is 36.0. The van der Waals surface area contributed by atoms with Crippen molar-refractivity contribution in [2.24, 2.45) is 0 Å². The van der Waals surface area contributed by atoms with Crippen molar-refractivity contribution in [1.29, 1.82) is 0 Å². The molecule has 0 aliphatic carbocycles. The Hall–Kier alpha value is -6.04. The third-order valence-corrected chi connectivity index (χ3v) is 13.1. The molecule has 5 heterocycles. The third kappa shape index (κ3) is 3.92. The molecule has 3 nitrogen and oxygen atoms in total. The van der Waals surface area contributed by atoms with Gasteiger partial charge in [0.25, 0.3) is 0 Å². The Bertz CT molecular complexity index is 3230. The Morgan fingerprint density at radius 3 is 2.19 bits per heavy atom. The molecule has 0 bridgehead atoms. The summed E-state index contributed by atoms with van der Waals surface area (Å²) in [4.78, 5) is 2.59. The molecule has 54 heavy (non-hydrogen) atoms. The smallest absolute Gasteiger partial charge is 0.336 e. The Balaban J connectivity index is 1.28. The fraction of sp³-hybridized carbons (Fsp3) is 0.102. The first-order valence-electron chi connectivity index (χ1n) is 18.9. The van der Waals surface area contributed by atoms with E-state index in [1.807, 2.05) is 11.3 Å². The first kappa shape index (κ1) is 30.4. The maximum atomic E-state index is 6.96. The Kier molecular flexibility index (Phi) is 5.95. The van der Waals surface area contributed by atoms with Gasteiger partial charge in [-0.25, -0.2) is 0 Å². The van der Waals surface area contributed by atoms with Crippen LogP contribution in [0.2, 0.25) is 0 Å². The molecule has 3 aromatic heterocycles. The lowest BCUT2D eigenvalue weighted by Crippen LogP contribution is -2.57. The van der Waals surface area contributed by atoms with Crippen molar-refractivity contribution in [1.82, 2.24) is 4.48 Å². The van der Waals surface area contributed by atoms with Crippen LogP contribution in [0.5, 0.6) is 0 Å². The van der Waals surface area contributed by atoms with E-state index in [4.69, 9.17) is 4.42 Å². The number of aromatic nitrogens is 1. The van der Waals surface area contributed by atoms with Crippen LogP contribution in [0.1, 0.15) is 31.9 Å². The van der Waals surface area contributed by atoms with E-state index in [-0.39, 0.29) is 12.3 Å². The molecule has 0 radical (unpaired) electrons. The van der Waals surface area contributed by atoms with Gasteiger partial charge in [-0.15, -0.1) is 11.3 Å². The highest BCUT2D eigenvalue weighted by Crippen LogP contribution is 2.50. The van der Waals surface area contributed by atoms with E-state index >= 15 is 0 Å². The number of fused-ring (bicyclic) bond motifs is 13. The molecule has 5 heteroatoms. The molecule has 256 valence electrons. The number of aryl methyl sites for hydroxylation is 1. The fourth-order valence-corrected chi connectivity index (χ4v) is 10.8. The van der Waals surface area contributed by atoms with Crippen molar-refractivity contribution in [3.8, 4) is 22.3 Å². The molecule has 2 aliphatic heterocycles. The van der Waals surface area contributed by atoms with Crippen molar-refractivity contribution >= 4 is 99.3 Å². The van der Waals surface area contributed by atoms with Gasteiger partial charge in [0, 0.05) is 48.2 Å². The lowest BCUT2D eigenvalue weighted by Gasteiger charge is -2.41. The standard InChI is InChI=1S/C49H35BN2OS/c1-28-25-36-31-17-12-18-34-43-32-15-8-10-19-40(32)53-48(43)52(47(31)34)50-45(36)39(26-28)51(38-23-24-42-44(46(38)50)33-16-9-11-20-41(33)54-42)37-22-21-30(49(2,3)4)27-35(37)29-13-6-5-7-14-29/h5-27H,1-4H3. The van der Waals surface area contributed by atoms with Crippen molar-refractivity contribution < 1.29 is 4.42 Å². The Morgan fingerprint density at radius 2 is 1.33 bits per heavy atom. The van der Waals surface area contributed by atoms with Gasteiger partial charge in [0.2, 0.25) is 0 Å². The maximum Gasteiger partial charge on any atom is 0.336 e. The second kappa shape index (κ2) is 10.6. The van der Waals surface area contributed by atoms with Crippen LogP contribution in [0, 0.1) is 6.92 Å². The predicted octanol–water partition coefficient (Wildman–Crippen LogP) is 12.6. The summed E-state index contributed by atoms with van der Waals surface area (Å²) in [5, 5.41) is 6.25. The molecule has 0 spiro atoms. The van der Waals surface area contributed by atoms with Crippen LogP contribution in [0.25, 0.3) is 75.4 Å². The van der Waals surface area contributed by atoms with E-state index in [9.17, 15) is 0 Å². The van der Waals surface area contributed by atoms with Crippen molar-refractivity contribution in [3.63, 3.8) is 0 Å². The number of thiophene rings is 1. The SMILES string of the molecule is Cc1cc2c3c(c1)N(c1ccc(C(C)(C)C)cc1-c1ccccc1)c1ccc4sc5ccccc5c4c1B3n1c3oc4ccccc4c3c3cccc-2c31. The summed E-state index contributed by atoms with van der Waals surface area (Å²) in [6, 6.07) is 52.0. The molecule has 0 saturated heterocycles. The molecule has 0 amide bonds. The molecule has 0 N–H and O–H groups in total. The van der Waals surface area contributed by atoms with Crippen LogP contribution in [0.15, 0.2) is 144 Å². The highest BCUT2D eigenvalue weighted by atomic mass is 32.1. The second-order valence-corrected chi connectivity index (χ2v) is 17.2. The fourth-order valence-electron chi connectivity index (χ4n) is 9.65. The summed E-state index contributed by atoms with van der Waals surface area (Å²) in [5.41, 5.74) is 17.0. The maximum absolute atomic E-state index is 6.96. The van der Waals surface area contributed by atoms with Crippen LogP contribution in [0.3, 0.4) is 0 Å². The van der Waals surface area contributed by atoms with E-state index < -0.39 is 0 Å². The normalized spacial score (nSPS) is 13.5. The lowest BCUT2D eigenvalue weighted by molar-refractivity contribution is 0.590. The minimum absolute atomic E-state index is 0.00131. The Morgan fingerprint density at radius 1 is 0.574 bits per heavy atom. The molecule has 12 rings (SSSR count). The predicted molar refractivity (Wildman–Crippen MR) is 232 cm³/mol. The Labute approximate surface area is 317 Å². The quantitative estimate of drug-likeness (QED) is 0.167. The molecular formula is C49H35BN2OS. The van der Waals surface area contributed by atoms with Gasteiger partial charge in [-0.2, -0.15) is 0 Å². The highest BCUT2D eigenvalue weighted by Gasteiger charge is 2.45. The lowest BCUT2D eigenvalue weighted by atomic mass is 9.44. The molecule has 10 aromatic rings. The number of hydrogen-bond donors (Lipinski definition) is 0. The van der Waals surface area contributed by atoms with Crippen LogP contribution in [-0.4, -0.2) is 11.3 Å². The van der Waals surface area contributed by atoms with Gasteiger partial charge in [0.15, 0.2) is 5.71 Å². The van der Waals surface area contributed by atoms with Gasteiger partial charge in [-0.3, -0.25) is 0 Å². The monoisotopic (exact) mass is 710 g/mol. The van der Waals surface area contributed by atoms with Crippen molar-refractivity contribution in [2.75, 3.05) is 4.90 Å². The minimum Gasteiger partial charge on any atom is -0.441 e. The number of hydrogen-bond acceptors (Lipinski definition) is 3. The zero-order valence-electron chi connectivity index (χ0n) is 30.6. The number of rotatable bonds is 2. The number of benzene rings is 7. The summed E-state index contributed by atoms with van der Waals surface area (Å²) < 4.78 is 12.1. The van der Waals surface area contributed by atoms with Gasteiger partial charge in [0.1, 0.15) is 5.58 Å². The summed E-state index contributed by atoms with van der Waals surface area (Å²) in [5.74, 6) is 0. The summed E-state index contributed by atoms with van der Waals surface area (Å²) in [6.07, 6.45) is 0. The molecule has 0 atom stereocenters. The largest absolute Gasteiger partial charge is 0.441 e. The van der Waals surface area contributed by atoms with Gasteiger partial charge in [0.05, 0.1) is 11.1 Å². The van der Waals surface area contributed by atoms with Crippen LogP contribution >= 0.6 is 11.3 Å². The molecule has 0 fully saturated rings. The molecule has 7 aromatic carbocycles. The van der Waals surface area contributed by atoms with E-state index in [0.717, 1.165) is 11.3 Å². The molecule has 0 saturated carbocycles. The molecule has 2 aliphatic rings. The molecule has 0 unspecified atom stereocenters. The van der Waals surface area contributed by atoms with E-state index in [0.29, 0.717) is 0 Å². The van der Waals surface area contributed by atoms with E-state index in [1.54, 1.807) is 0 Å². The van der Waals surface area contributed by atoms with Crippen molar-refractivity contribution in [3.05, 3.63) is 151 Å². The van der Waals surface area contributed by atoms with E-state index in [1.165, 1.54) is 103 Å².